The van der Waals surface area contributed by atoms with E-state index in [9.17, 15) is 4.79 Å². The summed E-state index contributed by atoms with van der Waals surface area (Å²) in [5.74, 6) is 0.780. The molecule has 0 saturated carbocycles. The third kappa shape index (κ3) is 4.87. The number of hydrogen-bond acceptors (Lipinski definition) is 1. The Morgan fingerprint density at radius 2 is 1.85 bits per heavy atom. The molecular formula is C12H22O. The molecular weight excluding hydrogens is 160 g/mol. The van der Waals surface area contributed by atoms with Crippen LogP contribution in [0.25, 0.3) is 0 Å². The molecule has 0 saturated heterocycles. The maximum atomic E-state index is 10.9. The van der Waals surface area contributed by atoms with Crippen LogP contribution in [0.1, 0.15) is 46.0 Å². The second kappa shape index (κ2) is 8.03. The van der Waals surface area contributed by atoms with Gasteiger partial charge in [-0.1, -0.05) is 32.8 Å². The highest BCUT2D eigenvalue weighted by Gasteiger charge is 2.17. The SMILES string of the molecule is C=CCC(CCC)C(C=O)CCC. The lowest BCUT2D eigenvalue weighted by molar-refractivity contribution is -0.112. The Bertz CT molecular complexity index is 140. The summed E-state index contributed by atoms with van der Waals surface area (Å²) in [6.07, 6.45) is 8.49. The second-order valence-electron chi connectivity index (χ2n) is 3.66. The van der Waals surface area contributed by atoms with Crippen LogP contribution in [0.3, 0.4) is 0 Å². The summed E-state index contributed by atoms with van der Waals surface area (Å²) in [6.45, 7) is 8.05. The van der Waals surface area contributed by atoms with Gasteiger partial charge in [0.15, 0.2) is 0 Å². The quantitative estimate of drug-likeness (QED) is 0.414. The molecule has 0 bridgehead atoms. The van der Waals surface area contributed by atoms with Gasteiger partial charge >= 0.3 is 0 Å². The van der Waals surface area contributed by atoms with Gasteiger partial charge in [-0.05, 0) is 25.2 Å². The van der Waals surface area contributed by atoms with Gasteiger partial charge in [0.25, 0.3) is 0 Å². The summed E-state index contributed by atoms with van der Waals surface area (Å²) in [7, 11) is 0. The molecule has 0 aromatic carbocycles. The predicted octanol–water partition coefficient (Wildman–Crippen LogP) is 3.59. The maximum absolute atomic E-state index is 10.9. The molecule has 0 aliphatic rings. The largest absolute Gasteiger partial charge is 0.303 e. The van der Waals surface area contributed by atoms with Crippen molar-refractivity contribution in [1.29, 1.82) is 0 Å². The van der Waals surface area contributed by atoms with Crippen molar-refractivity contribution < 1.29 is 4.79 Å². The second-order valence-corrected chi connectivity index (χ2v) is 3.66. The van der Waals surface area contributed by atoms with Gasteiger partial charge in [-0.25, -0.2) is 0 Å². The molecule has 0 aromatic heterocycles. The molecule has 0 aromatic rings. The first kappa shape index (κ1) is 12.4. The summed E-state index contributed by atoms with van der Waals surface area (Å²) in [5.41, 5.74) is 0. The molecule has 2 unspecified atom stereocenters. The van der Waals surface area contributed by atoms with Crippen LogP contribution in [0.2, 0.25) is 0 Å². The average Bonchev–Trinajstić information content (AvgIpc) is 2.14. The van der Waals surface area contributed by atoms with E-state index in [2.05, 4.69) is 20.4 Å². The van der Waals surface area contributed by atoms with E-state index < -0.39 is 0 Å². The fourth-order valence-electron chi connectivity index (χ4n) is 1.84. The fourth-order valence-corrected chi connectivity index (χ4v) is 1.84. The Hall–Kier alpha value is -0.590. The minimum Gasteiger partial charge on any atom is -0.303 e. The van der Waals surface area contributed by atoms with Crippen molar-refractivity contribution >= 4 is 6.29 Å². The Balaban J connectivity index is 4.09. The van der Waals surface area contributed by atoms with Crippen LogP contribution in [-0.2, 0) is 4.79 Å². The fraction of sp³-hybridized carbons (Fsp3) is 0.750. The summed E-state index contributed by atoms with van der Waals surface area (Å²) in [4.78, 5) is 10.9. The molecule has 0 aliphatic heterocycles. The topological polar surface area (TPSA) is 17.1 Å². The number of hydrogen-bond donors (Lipinski definition) is 0. The Labute approximate surface area is 82.2 Å². The molecule has 0 N–H and O–H groups in total. The van der Waals surface area contributed by atoms with Crippen molar-refractivity contribution in [3.8, 4) is 0 Å². The van der Waals surface area contributed by atoms with Gasteiger partial charge in [0, 0.05) is 5.92 Å². The molecule has 1 heteroatoms. The van der Waals surface area contributed by atoms with E-state index in [0.717, 1.165) is 38.4 Å². The molecule has 0 rings (SSSR count). The zero-order chi connectivity index (χ0) is 10.1. The lowest BCUT2D eigenvalue weighted by atomic mass is 9.84. The molecule has 1 nitrogen and oxygen atoms in total. The van der Waals surface area contributed by atoms with E-state index in [4.69, 9.17) is 0 Å². The summed E-state index contributed by atoms with van der Waals surface area (Å²) in [5, 5.41) is 0. The zero-order valence-corrected chi connectivity index (χ0v) is 8.96. The smallest absolute Gasteiger partial charge is 0.123 e. The van der Waals surface area contributed by atoms with Gasteiger partial charge in [-0.2, -0.15) is 0 Å². The highest BCUT2D eigenvalue weighted by molar-refractivity contribution is 5.54. The van der Waals surface area contributed by atoms with Crippen molar-refractivity contribution in [2.24, 2.45) is 11.8 Å². The summed E-state index contributed by atoms with van der Waals surface area (Å²) in [6, 6.07) is 0. The van der Waals surface area contributed by atoms with Crippen LogP contribution in [-0.4, -0.2) is 6.29 Å². The summed E-state index contributed by atoms with van der Waals surface area (Å²) < 4.78 is 0. The number of carbonyl (C=O) groups is 1. The molecule has 0 radical (unpaired) electrons. The van der Waals surface area contributed by atoms with Crippen LogP contribution in [0, 0.1) is 11.8 Å². The van der Waals surface area contributed by atoms with Gasteiger partial charge < -0.3 is 4.79 Å². The maximum Gasteiger partial charge on any atom is 0.123 e. The van der Waals surface area contributed by atoms with Gasteiger partial charge in [-0.15, -0.1) is 6.58 Å². The lowest BCUT2D eigenvalue weighted by Crippen LogP contribution is -2.15. The molecule has 0 aliphatic carbocycles. The molecule has 76 valence electrons. The summed E-state index contributed by atoms with van der Waals surface area (Å²) >= 11 is 0. The zero-order valence-electron chi connectivity index (χ0n) is 8.96. The van der Waals surface area contributed by atoms with Crippen LogP contribution < -0.4 is 0 Å². The van der Waals surface area contributed by atoms with Gasteiger partial charge in [0.1, 0.15) is 6.29 Å². The normalized spacial score (nSPS) is 14.9. The number of allylic oxidation sites excluding steroid dienone is 1. The minimum atomic E-state index is 0.253. The van der Waals surface area contributed by atoms with Crippen LogP contribution in [0.5, 0.6) is 0 Å². The average molecular weight is 182 g/mol. The van der Waals surface area contributed by atoms with Crippen LogP contribution in [0.15, 0.2) is 12.7 Å². The number of aldehydes is 1. The molecule has 0 spiro atoms. The number of rotatable bonds is 8. The monoisotopic (exact) mass is 182 g/mol. The highest BCUT2D eigenvalue weighted by atomic mass is 16.1. The van der Waals surface area contributed by atoms with E-state index in [1.807, 2.05) is 6.08 Å². The van der Waals surface area contributed by atoms with Gasteiger partial charge in [0.05, 0.1) is 0 Å². The first-order chi connectivity index (χ1) is 6.29. The lowest BCUT2D eigenvalue weighted by Gasteiger charge is -2.20. The number of carbonyl (C=O) groups excluding carboxylic acids is 1. The van der Waals surface area contributed by atoms with E-state index >= 15 is 0 Å². The first-order valence-corrected chi connectivity index (χ1v) is 5.36. The highest BCUT2D eigenvalue weighted by Crippen LogP contribution is 2.24. The van der Waals surface area contributed by atoms with Crippen molar-refractivity contribution in [2.45, 2.75) is 46.0 Å². The van der Waals surface area contributed by atoms with E-state index in [0.29, 0.717) is 5.92 Å². The third-order valence-electron chi connectivity index (χ3n) is 2.53. The van der Waals surface area contributed by atoms with Crippen molar-refractivity contribution in [1.82, 2.24) is 0 Å². The van der Waals surface area contributed by atoms with Crippen LogP contribution in [0.4, 0.5) is 0 Å². The first-order valence-electron chi connectivity index (χ1n) is 5.36. The molecule has 0 heterocycles. The predicted molar refractivity (Wildman–Crippen MR) is 57.7 cm³/mol. The van der Waals surface area contributed by atoms with Crippen molar-refractivity contribution in [3.63, 3.8) is 0 Å². The molecule has 13 heavy (non-hydrogen) atoms. The van der Waals surface area contributed by atoms with Crippen LogP contribution >= 0.6 is 0 Å². The van der Waals surface area contributed by atoms with E-state index in [1.54, 1.807) is 0 Å². The third-order valence-corrected chi connectivity index (χ3v) is 2.53. The Kier molecular flexibility index (Phi) is 7.66. The van der Waals surface area contributed by atoms with E-state index in [1.165, 1.54) is 0 Å². The standard InChI is InChI=1S/C12H22O/c1-4-7-11(8-5-2)12(10-13)9-6-3/h4,10-12H,1,5-9H2,2-3H3. The van der Waals surface area contributed by atoms with Gasteiger partial charge in [0.2, 0.25) is 0 Å². The molecule has 0 amide bonds. The van der Waals surface area contributed by atoms with Gasteiger partial charge in [-0.3, -0.25) is 0 Å². The minimum absolute atomic E-state index is 0.253. The Morgan fingerprint density at radius 3 is 2.23 bits per heavy atom. The van der Waals surface area contributed by atoms with Crippen molar-refractivity contribution in [3.05, 3.63) is 12.7 Å². The van der Waals surface area contributed by atoms with Crippen molar-refractivity contribution in [2.75, 3.05) is 0 Å². The van der Waals surface area contributed by atoms with E-state index in [-0.39, 0.29) is 5.92 Å². The molecule has 0 fully saturated rings. The Morgan fingerprint density at radius 1 is 1.23 bits per heavy atom. The molecule has 2 atom stereocenters.